The van der Waals surface area contributed by atoms with Crippen molar-refractivity contribution in [1.29, 1.82) is 0 Å². The number of imide groups is 1. The molecule has 2 aromatic rings. The van der Waals surface area contributed by atoms with Gasteiger partial charge in [-0.3, -0.25) is 14.2 Å². The summed E-state index contributed by atoms with van der Waals surface area (Å²) >= 11 is 0.879. The third-order valence-corrected chi connectivity index (χ3v) is 5.61. The molecule has 2 aliphatic heterocycles. The summed E-state index contributed by atoms with van der Waals surface area (Å²) < 4.78 is 16.4. The molecule has 3 heterocycles. The summed E-state index contributed by atoms with van der Waals surface area (Å²) in [6.45, 7) is 0.538. The van der Waals surface area contributed by atoms with Gasteiger partial charge in [0.25, 0.3) is 5.91 Å². The van der Waals surface area contributed by atoms with Crippen LogP contribution in [0.3, 0.4) is 0 Å². The molecule has 0 aliphatic carbocycles. The van der Waals surface area contributed by atoms with E-state index in [9.17, 15) is 18.8 Å². The number of halogens is 1. The first-order valence-corrected chi connectivity index (χ1v) is 8.75. The van der Waals surface area contributed by atoms with Gasteiger partial charge in [-0.1, -0.05) is 17.3 Å². The van der Waals surface area contributed by atoms with E-state index in [1.807, 2.05) is 0 Å². The molecule has 1 unspecified atom stereocenters. The molecule has 2 fully saturated rings. The number of amides is 3. The number of carbonyl (C=O) groups is 2. The predicted molar refractivity (Wildman–Crippen MR) is 92.1 cm³/mol. The van der Waals surface area contributed by atoms with Gasteiger partial charge in [0.15, 0.2) is 0 Å². The fraction of sp³-hybridized carbons (Fsp3) is 0.353. The minimum absolute atomic E-state index is 0.0422. The van der Waals surface area contributed by atoms with Crippen LogP contribution < -0.4 is 9.77 Å². The lowest BCUT2D eigenvalue weighted by Gasteiger charge is -2.25. The molecule has 1 aromatic carbocycles. The van der Waals surface area contributed by atoms with Crippen LogP contribution in [-0.4, -0.2) is 34.0 Å². The third kappa shape index (κ3) is 2.27. The molecule has 4 rings (SSSR count). The van der Waals surface area contributed by atoms with Crippen LogP contribution in [0.2, 0.25) is 0 Å². The zero-order chi connectivity index (χ0) is 17.7. The molecule has 8 heteroatoms. The summed E-state index contributed by atoms with van der Waals surface area (Å²) in [7, 11) is 0. The van der Waals surface area contributed by atoms with Gasteiger partial charge in [-0.05, 0) is 31.4 Å². The van der Waals surface area contributed by atoms with Crippen LogP contribution >= 0.6 is 11.3 Å². The summed E-state index contributed by atoms with van der Waals surface area (Å²) in [5, 5.41) is 0. The first kappa shape index (κ1) is 15.8. The van der Waals surface area contributed by atoms with E-state index in [2.05, 4.69) is 5.92 Å². The summed E-state index contributed by atoms with van der Waals surface area (Å²) in [5.41, 5.74) is 0.301. The molecular formula is C17H14FN3O3S. The van der Waals surface area contributed by atoms with Gasteiger partial charge < -0.3 is 4.90 Å². The van der Waals surface area contributed by atoms with Crippen molar-refractivity contribution in [1.82, 2.24) is 9.47 Å². The largest absolute Gasteiger partial charge is 0.332 e. The van der Waals surface area contributed by atoms with Gasteiger partial charge in [0.1, 0.15) is 11.9 Å². The normalized spacial score (nSPS) is 20.2. The molecule has 0 radical (unpaired) electrons. The molecule has 1 aromatic heterocycles. The number of thiazole rings is 1. The molecule has 6 nitrogen and oxygen atoms in total. The maximum absolute atomic E-state index is 14.6. The van der Waals surface area contributed by atoms with Crippen molar-refractivity contribution in [2.24, 2.45) is 0 Å². The number of aromatic nitrogens is 1. The average molecular weight is 359 g/mol. The van der Waals surface area contributed by atoms with Crippen molar-refractivity contribution in [3.05, 3.63) is 27.6 Å². The van der Waals surface area contributed by atoms with Crippen molar-refractivity contribution >= 4 is 39.2 Å². The lowest BCUT2D eigenvalue weighted by atomic mass is 10.0. The number of nitrogens with zero attached hydrogens (tertiary/aromatic N) is 3. The van der Waals surface area contributed by atoms with Crippen LogP contribution in [0, 0.1) is 18.2 Å². The molecule has 25 heavy (non-hydrogen) atoms. The Kier molecular flexibility index (Phi) is 3.62. The van der Waals surface area contributed by atoms with E-state index in [1.165, 1.54) is 21.6 Å². The van der Waals surface area contributed by atoms with E-state index in [0.717, 1.165) is 29.1 Å². The molecule has 0 bridgehead atoms. The van der Waals surface area contributed by atoms with Gasteiger partial charge >= 0.3 is 10.9 Å². The van der Waals surface area contributed by atoms with Gasteiger partial charge in [0, 0.05) is 6.54 Å². The second kappa shape index (κ2) is 5.70. The Bertz CT molecular complexity index is 979. The number of rotatable bonds is 2. The number of benzene rings is 1. The SMILES string of the molecule is C#CCn1c(=O)sc2cc(F)c(N3C(=O)C4CCCCN4C3=O)cc21. The van der Waals surface area contributed by atoms with Crippen LogP contribution in [0.15, 0.2) is 16.9 Å². The molecule has 0 saturated carbocycles. The number of hydrogen-bond acceptors (Lipinski definition) is 4. The van der Waals surface area contributed by atoms with Gasteiger partial charge in [-0.2, -0.15) is 0 Å². The maximum atomic E-state index is 14.6. The Morgan fingerprint density at radius 2 is 2.08 bits per heavy atom. The van der Waals surface area contributed by atoms with Crippen molar-refractivity contribution in [3.8, 4) is 12.3 Å². The number of carbonyl (C=O) groups excluding carboxylic acids is 2. The van der Waals surface area contributed by atoms with Crippen molar-refractivity contribution in [2.45, 2.75) is 31.8 Å². The summed E-state index contributed by atoms with van der Waals surface area (Å²) in [6.07, 6.45) is 7.57. The van der Waals surface area contributed by atoms with E-state index in [0.29, 0.717) is 23.2 Å². The fourth-order valence-electron chi connectivity index (χ4n) is 3.50. The summed E-state index contributed by atoms with van der Waals surface area (Å²) in [4.78, 5) is 39.4. The highest BCUT2D eigenvalue weighted by atomic mass is 32.1. The van der Waals surface area contributed by atoms with Crippen LogP contribution in [0.4, 0.5) is 14.9 Å². The standard InChI is InChI=1S/C17H14FN3O3S/c1-2-6-20-13-9-12(10(18)8-14(13)25-17(20)24)21-15(22)11-5-3-4-7-19(11)16(21)23/h1,8-9,11H,3-7H2. The number of anilines is 1. The highest BCUT2D eigenvalue weighted by Gasteiger charge is 2.47. The Labute approximate surface area is 146 Å². The van der Waals surface area contributed by atoms with Crippen LogP contribution in [0.5, 0.6) is 0 Å². The van der Waals surface area contributed by atoms with Crippen LogP contribution in [0.1, 0.15) is 19.3 Å². The van der Waals surface area contributed by atoms with Crippen LogP contribution in [0.25, 0.3) is 10.2 Å². The predicted octanol–water partition coefficient (Wildman–Crippen LogP) is 2.16. The zero-order valence-electron chi connectivity index (χ0n) is 13.2. The number of piperidine rings is 1. The fourth-order valence-corrected chi connectivity index (χ4v) is 4.39. The van der Waals surface area contributed by atoms with E-state index >= 15 is 0 Å². The molecule has 1 atom stereocenters. The summed E-state index contributed by atoms with van der Waals surface area (Å²) in [5.74, 6) is 1.27. The summed E-state index contributed by atoms with van der Waals surface area (Å²) in [6, 6.07) is 1.52. The maximum Gasteiger partial charge on any atom is 0.332 e. The Hall–Kier alpha value is -2.66. The number of hydrogen-bond donors (Lipinski definition) is 0. The average Bonchev–Trinajstić information content (AvgIpc) is 3.03. The highest BCUT2D eigenvalue weighted by Crippen LogP contribution is 2.34. The third-order valence-electron chi connectivity index (χ3n) is 4.67. The molecule has 0 N–H and O–H groups in total. The van der Waals surface area contributed by atoms with Gasteiger partial charge in [-0.15, -0.1) is 6.42 Å². The minimum Gasteiger partial charge on any atom is -0.312 e. The Morgan fingerprint density at radius 1 is 1.28 bits per heavy atom. The van der Waals surface area contributed by atoms with E-state index in [1.54, 1.807) is 0 Å². The second-order valence-electron chi connectivity index (χ2n) is 6.09. The highest BCUT2D eigenvalue weighted by molar-refractivity contribution is 7.16. The van der Waals surface area contributed by atoms with Gasteiger partial charge in [-0.25, -0.2) is 14.1 Å². The monoisotopic (exact) mass is 359 g/mol. The van der Waals surface area contributed by atoms with E-state index in [4.69, 9.17) is 6.42 Å². The van der Waals surface area contributed by atoms with E-state index in [-0.39, 0.29) is 17.1 Å². The van der Waals surface area contributed by atoms with Crippen molar-refractivity contribution < 1.29 is 14.0 Å². The molecule has 3 amide bonds. The molecule has 2 saturated heterocycles. The van der Waals surface area contributed by atoms with Crippen LogP contribution in [-0.2, 0) is 11.3 Å². The minimum atomic E-state index is -0.705. The van der Waals surface area contributed by atoms with Gasteiger partial charge in [0.05, 0.1) is 22.4 Å². The molecule has 128 valence electrons. The lowest BCUT2D eigenvalue weighted by Crippen LogP contribution is -2.39. The molecule has 2 aliphatic rings. The lowest BCUT2D eigenvalue weighted by molar-refractivity contribution is -0.120. The van der Waals surface area contributed by atoms with Crippen molar-refractivity contribution in [2.75, 3.05) is 11.4 Å². The number of urea groups is 1. The topological polar surface area (TPSA) is 62.6 Å². The molecular weight excluding hydrogens is 345 g/mol. The Balaban J connectivity index is 1.86. The first-order valence-electron chi connectivity index (χ1n) is 7.94. The zero-order valence-corrected chi connectivity index (χ0v) is 14.0. The number of terminal acetylenes is 1. The quantitative estimate of drug-likeness (QED) is 0.610. The number of fused-ring (bicyclic) bond motifs is 2. The van der Waals surface area contributed by atoms with Gasteiger partial charge in [0.2, 0.25) is 0 Å². The van der Waals surface area contributed by atoms with Crippen molar-refractivity contribution in [3.63, 3.8) is 0 Å². The van der Waals surface area contributed by atoms with E-state index < -0.39 is 23.8 Å². The first-order chi connectivity index (χ1) is 12.0. The smallest absolute Gasteiger partial charge is 0.312 e. The Morgan fingerprint density at radius 3 is 2.80 bits per heavy atom. The second-order valence-corrected chi connectivity index (χ2v) is 7.08. The molecule has 0 spiro atoms.